The van der Waals surface area contributed by atoms with Crippen molar-refractivity contribution in [1.82, 2.24) is 14.9 Å². The molecular weight excluding hydrogens is 506 g/mol. The Labute approximate surface area is 236 Å². The molecule has 0 atom stereocenters. The number of primary amides is 1. The molecule has 9 heteroatoms. The minimum absolute atomic E-state index is 0.211. The Hall–Kier alpha value is -4.14. The van der Waals surface area contributed by atoms with Crippen molar-refractivity contribution in [1.29, 1.82) is 0 Å². The second kappa shape index (κ2) is 12.8. The maximum Gasteiger partial charge on any atom is 0.410 e. The molecule has 0 saturated carbocycles. The molecule has 9 nitrogen and oxygen atoms in total. The number of rotatable bonds is 9. The molecule has 0 unspecified atom stereocenters. The van der Waals surface area contributed by atoms with Crippen LogP contribution >= 0.6 is 0 Å². The van der Waals surface area contributed by atoms with Gasteiger partial charge < -0.3 is 25.4 Å². The van der Waals surface area contributed by atoms with E-state index in [0.717, 1.165) is 35.3 Å². The SMILES string of the molecule is COc1cnc(Nc2ccc(C3CCN(C(=O)OC(C)(C)C)CC3)cc2)nc1CCc1ccccc1CC(N)=O. The van der Waals surface area contributed by atoms with Gasteiger partial charge in [0.25, 0.3) is 0 Å². The van der Waals surface area contributed by atoms with Crippen molar-refractivity contribution >= 4 is 23.6 Å². The topological polar surface area (TPSA) is 120 Å². The number of nitrogens with one attached hydrogen (secondary N) is 1. The first-order valence-electron chi connectivity index (χ1n) is 13.7. The number of amides is 2. The minimum Gasteiger partial charge on any atom is -0.493 e. The molecule has 2 amide bonds. The highest BCUT2D eigenvalue weighted by molar-refractivity contribution is 5.77. The number of carbonyl (C=O) groups excluding carboxylic acids is 2. The van der Waals surface area contributed by atoms with Crippen molar-refractivity contribution in [3.63, 3.8) is 0 Å². The molecule has 212 valence electrons. The van der Waals surface area contributed by atoms with E-state index in [4.69, 9.17) is 20.2 Å². The summed E-state index contributed by atoms with van der Waals surface area (Å²) in [6, 6.07) is 16.1. The maximum absolute atomic E-state index is 12.4. The van der Waals surface area contributed by atoms with Crippen LogP contribution in [0, 0.1) is 0 Å². The summed E-state index contributed by atoms with van der Waals surface area (Å²) < 4.78 is 11.0. The zero-order chi connectivity index (χ0) is 28.7. The van der Waals surface area contributed by atoms with Crippen LogP contribution in [0.4, 0.5) is 16.4 Å². The van der Waals surface area contributed by atoms with Crippen LogP contribution in [-0.4, -0.2) is 52.7 Å². The summed E-state index contributed by atoms with van der Waals surface area (Å²) in [6.45, 7) is 7.04. The van der Waals surface area contributed by atoms with Gasteiger partial charge in [0.1, 0.15) is 5.60 Å². The van der Waals surface area contributed by atoms with E-state index >= 15 is 0 Å². The van der Waals surface area contributed by atoms with Crippen molar-refractivity contribution in [3.05, 3.63) is 77.1 Å². The number of hydrogen-bond donors (Lipinski definition) is 2. The van der Waals surface area contributed by atoms with Gasteiger partial charge in [0.05, 0.1) is 25.4 Å². The van der Waals surface area contributed by atoms with Crippen LogP contribution in [0.25, 0.3) is 0 Å². The monoisotopic (exact) mass is 545 g/mol. The van der Waals surface area contributed by atoms with Crippen molar-refractivity contribution in [3.8, 4) is 5.75 Å². The molecule has 4 rings (SSSR count). The van der Waals surface area contributed by atoms with Crippen molar-refractivity contribution in [2.75, 3.05) is 25.5 Å². The van der Waals surface area contributed by atoms with Gasteiger partial charge in [0.2, 0.25) is 11.9 Å². The molecule has 1 saturated heterocycles. The van der Waals surface area contributed by atoms with E-state index in [2.05, 4.69) is 22.4 Å². The molecule has 0 spiro atoms. The number of ether oxygens (including phenoxy) is 2. The highest BCUT2D eigenvalue weighted by Crippen LogP contribution is 2.30. The molecule has 1 aliphatic heterocycles. The average molecular weight is 546 g/mol. The predicted octanol–water partition coefficient (Wildman–Crippen LogP) is 5.16. The molecule has 2 heterocycles. The molecule has 3 aromatic rings. The smallest absolute Gasteiger partial charge is 0.410 e. The summed E-state index contributed by atoms with van der Waals surface area (Å²) in [6.07, 6.45) is 4.77. The second-order valence-electron chi connectivity index (χ2n) is 11.1. The maximum atomic E-state index is 12.4. The lowest BCUT2D eigenvalue weighted by Crippen LogP contribution is -2.41. The lowest BCUT2D eigenvalue weighted by molar-refractivity contribution is -0.117. The first-order valence-corrected chi connectivity index (χ1v) is 13.7. The van der Waals surface area contributed by atoms with Crippen LogP contribution in [0.1, 0.15) is 61.9 Å². The van der Waals surface area contributed by atoms with E-state index < -0.39 is 5.60 Å². The largest absolute Gasteiger partial charge is 0.493 e. The summed E-state index contributed by atoms with van der Waals surface area (Å²) in [5.41, 5.74) is 9.84. The summed E-state index contributed by atoms with van der Waals surface area (Å²) >= 11 is 0. The Morgan fingerprint density at radius 2 is 1.70 bits per heavy atom. The summed E-state index contributed by atoms with van der Waals surface area (Å²) in [5.74, 6) is 1.15. The Bertz CT molecular complexity index is 1310. The van der Waals surface area contributed by atoms with Crippen LogP contribution in [0.5, 0.6) is 5.75 Å². The van der Waals surface area contributed by atoms with Gasteiger partial charge in [-0.25, -0.2) is 14.8 Å². The van der Waals surface area contributed by atoms with Gasteiger partial charge in [-0.2, -0.15) is 0 Å². The van der Waals surface area contributed by atoms with Gasteiger partial charge in [-0.1, -0.05) is 36.4 Å². The van der Waals surface area contributed by atoms with Crippen molar-refractivity contribution < 1.29 is 19.1 Å². The highest BCUT2D eigenvalue weighted by Gasteiger charge is 2.27. The van der Waals surface area contributed by atoms with E-state index in [-0.39, 0.29) is 18.4 Å². The number of piperidine rings is 1. The van der Waals surface area contributed by atoms with Crippen molar-refractivity contribution in [2.45, 2.75) is 64.4 Å². The number of likely N-dealkylation sites (tertiary alicyclic amines) is 1. The van der Waals surface area contributed by atoms with E-state index in [1.54, 1.807) is 18.2 Å². The zero-order valence-corrected chi connectivity index (χ0v) is 23.8. The number of nitrogens with zero attached hydrogens (tertiary/aromatic N) is 3. The summed E-state index contributed by atoms with van der Waals surface area (Å²) in [4.78, 5) is 34.8. The Kier molecular flexibility index (Phi) is 9.24. The second-order valence-corrected chi connectivity index (χ2v) is 11.1. The number of carbonyl (C=O) groups is 2. The lowest BCUT2D eigenvalue weighted by atomic mass is 9.89. The zero-order valence-electron chi connectivity index (χ0n) is 23.8. The van der Waals surface area contributed by atoms with Gasteiger partial charge >= 0.3 is 6.09 Å². The minimum atomic E-state index is -0.483. The molecule has 0 bridgehead atoms. The number of nitrogens with two attached hydrogens (primary N) is 1. The fourth-order valence-corrected chi connectivity index (χ4v) is 4.92. The molecular formula is C31H39N5O4. The number of anilines is 2. The van der Waals surface area contributed by atoms with Crippen LogP contribution in [0.3, 0.4) is 0 Å². The van der Waals surface area contributed by atoms with Crippen LogP contribution in [-0.2, 0) is 28.8 Å². The first kappa shape index (κ1) is 28.9. The van der Waals surface area contributed by atoms with Gasteiger partial charge in [0, 0.05) is 18.8 Å². The fourth-order valence-electron chi connectivity index (χ4n) is 4.92. The van der Waals surface area contributed by atoms with Gasteiger partial charge in [-0.05, 0) is 81.2 Å². The van der Waals surface area contributed by atoms with Crippen LogP contribution in [0.2, 0.25) is 0 Å². The van der Waals surface area contributed by atoms with Crippen molar-refractivity contribution in [2.24, 2.45) is 5.73 Å². The molecule has 0 radical (unpaired) electrons. The third kappa shape index (κ3) is 7.94. The Morgan fingerprint density at radius 1 is 1.02 bits per heavy atom. The lowest BCUT2D eigenvalue weighted by Gasteiger charge is -2.33. The van der Waals surface area contributed by atoms with Gasteiger partial charge in [-0.3, -0.25) is 4.79 Å². The molecule has 1 aliphatic rings. The first-order chi connectivity index (χ1) is 19.1. The predicted molar refractivity (Wildman–Crippen MR) is 155 cm³/mol. The Morgan fingerprint density at radius 3 is 2.33 bits per heavy atom. The normalized spacial score (nSPS) is 14.1. The van der Waals surface area contributed by atoms with Crippen LogP contribution < -0.4 is 15.8 Å². The third-order valence-electron chi connectivity index (χ3n) is 6.95. The third-order valence-corrected chi connectivity index (χ3v) is 6.95. The molecule has 1 fully saturated rings. The summed E-state index contributed by atoms with van der Waals surface area (Å²) in [5, 5.41) is 3.30. The fraction of sp³-hybridized carbons (Fsp3) is 0.419. The van der Waals surface area contributed by atoms with E-state index in [1.165, 1.54) is 5.56 Å². The molecule has 2 aromatic carbocycles. The quantitative estimate of drug-likeness (QED) is 0.381. The standard InChI is InChI=1S/C31H39N5O4/c1-31(2,3)40-30(38)36-17-15-23(16-18-36)22-9-12-25(13-10-22)34-29-33-20-27(39-4)26(35-29)14-11-21-7-5-6-8-24(21)19-28(32)37/h5-10,12-13,20,23H,11,14-19H2,1-4H3,(H2,32,37)(H,33,34,35). The summed E-state index contributed by atoms with van der Waals surface area (Å²) in [7, 11) is 1.60. The number of aryl methyl sites for hydroxylation is 2. The molecule has 1 aromatic heterocycles. The molecule has 0 aliphatic carbocycles. The van der Waals surface area contributed by atoms with E-state index in [0.29, 0.717) is 43.5 Å². The number of methoxy groups -OCH3 is 1. The van der Waals surface area contributed by atoms with Gasteiger partial charge in [0.15, 0.2) is 5.75 Å². The number of aromatic nitrogens is 2. The average Bonchev–Trinajstić information content (AvgIpc) is 2.92. The molecule has 40 heavy (non-hydrogen) atoms. The highest BCUT2D eigenvalue weighted by atomic mass is 16.6. The van der Waals surface area contributed by atoms with E-state index in [9.17, 15) is 9.59 Å². The van der Waals surface area contributed by atoms with Crippen LogP contribution in [0.15, 0.2) is 54.7 Å². The Balaban J connectivity index is 1.36. The molecule has 3 N–H and O–H groups in total. The van der Waals surface area contributed by atoms with E-state index in [1.807, 2.05) is 57.2 Å². The number of hydrogen-bond acceptors (Lipinski definition) is 7. The van der Waals surface area contributed by atoms with Gasteiger partial charge in [-0.15, -0.1) is 0 Å². The number of benzene rings is 2.